The first-order valence-electron chi connectivity index (χ1n) is 14.0. The molecule has 0 unspecified atom stereocenters. The molecule has 4 aromatic carbocycles. The van der Waals surface area contributed by atoms with Gasteiger partial charge >= 0.3 is 0 Å². The molecule has 0 saturated carbocycles. The summed E-state index contributed by atoms with van der Waals surface area (Å²) in [4.78, 5) is 26.5. The molecule has 6 rings (SSSR count). The number of quaternary nitrogens is 2. The lowest BCUT2D eigenvalue weighted by molar-refractivity contribution is 0.105. The van der Waals surface area contributed by atoms with E-state index in [1.54, 1.807) is 36.4 Å². The van der Waals surface area contributed by atoms with Crippen LogP contribution in [0.25, 0.3) is 22.7 Å². The second-order valence-corrected chi connectivity index (χ2v) is 12.7. The van der Waals surface area contributed by atoms with Crippen molar-refractivity contribution >= 4 is 45.6 Å². The van der Waals surface area contributed by atoms with Crippen LogP contribution in [0.1, 0.15) is 43.0 Å². The molecular weight excluding hydrogens is 540 g/mol. The summed E-state index contributed by atoms with van der Waals surface area (Å²) in [5.74, 6) is 0.136. The number of fused-ring (bicyclic) bond motifs is 2. The number of aliphatic hydroxyl groups is 2. The quantitative estimate of drug-likeness (QED) is 0.240. The van der Waals surface area contributed by atoms with Crippen LogP contribution in [0.3, 0.4) is 0 Å². The fourth-order valence-electron chi connectivity index (χ4n) is 5.54. The average molecular weight is 575 g/mol. The Hall–Kier alpha value is -4.98. The van der Waals surface area contributed by atoms with Crippen molar-refractivity contribution in [1.29, 1.82) is 0 Å². The number of Topliss-reactive ketones (excluding diaryl/α,β-unsaturated/α-hetero) is 2. The maximum absolute atomic E-state index is 13.2. The minimum Gasteiger partial charge on any atom is -0.506 e. The van der Waals surface area contributed by atoms with Crippen LogP contribution in [-0.2, 0) is 0 Å². The number of ketones is 2. The van der Waals surface area contributed by atoms with Crippen molar-refractivity contribution < 1.29 is 24.5 Å². The Kier molecular flexibility index (Phi) is 6.41. The summed E-state index contributed by atoms with van der Waals surface area (Å²) in [6, 6.07) is 25.1. The molecule has 2 aliphatic rings. The Balaban J connectivity index is 1.28. The van der Waals surface area contributed by atoms with E-state index in [-0.39, 0.29) is 34.2 Å². The van der Waals surface area contributed by atoms with Crippen LogP contribution in [0, 0.1) is 0 Å². The van der Waals surface area contributed by atoms with Gasteiger partial charge in [-0.3, -0.25) is 18.6 Å². The van der Waals surface area contributed by atoms with E-state index in [0.29, 0.717) is 53.8 Å². The van der Waals surface area contributed by atoms with Gasteiger partial charge in [0.2, 0.25) is 0 Å². The third-order valence-corrected chi connectivity index (χ3v) is 8.01. The van der Waals surface area contributed by atoms with Crippen molar-refractivity contribution in [3.63, 3.8) is 0 Å². The smallest absolute Gasteiger partial charge is 0.198 e. The zero-order chi connectivity index (χ0) is 30.8. The normalized spacial score (nSPS) is 14.8. The number of carbonyl (C=O) groups excluding carboxylic acids is 2. The molecule has 2 aliphatic carbocycles. The van der Waals surface area contributed by atoms with Gasteiger partial charge in [-0.25, -0.2) is 0 Å². The predicted octanol–water partition coefficient (Wildman–Crippen LogP) is 7.12. The third-order valence-electron chi connectivity index (χ3n) is 8.01. The Morgan fingerprint density at radius 2 is 0.837 bits per heavy atom. The highest BCUT2D eigenvalue weighted by molar-refractivity contribution is 6.39. The molecule has 4 aromatic rings. The van der Waals surface area contributed by atoms with Gasteiger partial charge in [-0.05, 0) is 96.1 Å². The van der Waals surface area contributed by atoms with Gasteiger partial charge in [-0.15, -0.1) is 0 Å². The first-order valence-corrected chi connectivity index (χ1v) is 14.0. The Morgan fingerprint density at radius 3 is 1.16 bits per heavy atom. The van der Waals surface area contributed by atoms with Gasteiger partial charge in [0, 0.05) is 22.3 Å². The minimum atomic E-state index is -0.245. The fraction of sp³-hybridized carbons (Fsp3) is 0.167. The van der Waals surface area contributed by atoms with Gasteiger partial charge in [0.15, 0.2) is 11.6 Å². The molecule has 2 N–H and O–H groups in total. The average Bonchev–Trinajstić information content (AvgIpc) is 3.35. The SMILES string of the molecule is C[N+](C)(C)c1ccc(C2=C(O)c3cc(Oc4ccc5c(c4)C(O)=C(c4ccc([N+](C)(C)C)cc4)C5=O)ccc3C2=O)cc1. The molecule has 0 bridgehead atoms. The zero-order valence-electron chi connectivity index (χ0n) is 25.1. The number of benzene rings is 4. The highest BCUT2D eigenvalue weighted by Crippen LogP contribution is 2.42. The van der Waals surface area contributed by atoms with Crippen molar-refractivity contribution in [2.75, 3.05) is 42.3 Å². The van der Waals surface area contributed by atoms with Crippen LogP contribution in [0.15, 0.2) is 84.9 Å². The number of carbonyl (C=O) groups is 2. The number of aliphatic hydroxyl groups excluding tert-OH is 2. The van der Waals surface area contributed by atoms with Crippen LogP contribution in [0.5, 0.6) is 11.5 Å². The zero-order valence-corrected chi connectivity index (χ0v) is 25.1. The maximum Gasteiger partial charge on any atom is 0.198 e. The summed E-state index contributed by atoms with van der Waals surface area (Å²) >= 11 is 0. The van der Waals surface area contributed by atoms with E-state index in [9.17, 15) is 19.8 Å². The number of hydrogen-bond acceptors (Lipinski definition) is 5. The summed E-state index contributed by atoms with van der Waals surface area (Å²) < 4.78 is 7.36. The van der Waals surface area contributed by atoms with E-state index in [4.69, 9.17) is 4.74 Å². The summed E-state index contributed by atoms with van der Waals surface area (Å²) in [6.45, 7) is 0. The van der Waals surface area contributed by atoms with Crippen LogP contribution in [0.4, 0.5) is 11.4 Å². The maximum atomic E-state index is 13.2. The summed E-state index contributed by atoms with van der Waals surface area (Å²) in [5.41, 5.74) is 5.54. The van der Waals surface area contributed by atoms with E-state index < -0.39 is 0 Å². The molecule has 0 heterocycles. The lowest BCUT2D eigenvalue weighted by Crippen LogP contribution is -2.34. The third kappa shape index (κ3) is 4.82. The van der Waals surface area contributed by atoms with Gasteiger partial charge in [0.1, 0.15) is 34.4 Å². The minimum absolute atomic E-state index is 0.0931. The van der Waals surface area contributed by atoms with E-state index in [2.05, 4.69) is 42.3 Å². The predicted molar refractivity (Wildman–Crippen MR) is 173 cm³/mol. The largest absolute Gasteiger partial charge is 0.506 e. The molecule has 0 saturated heterocycles. The Bertz CT molecular complexity index is 1750. The number of allylic oxidation sites excluding steroid dienone is 2. The van der Waals surface area contributed by atoms with E-state index >= 15 is 0 Å². The Labute approximate surface area is 251 Å². The number of nitrogens with zero attached hydrogens (tertiary/aromatic N) is 2. The molecule has 0 atom stereocenters. The summed E-state index contributed by atoms with van der Waals surface area (Å²) in [6.07, 6.45) is 0. The Morgan fingerprint density at radius 1 is 0.488 bits per heavy atom. The first kappa shape index (κ1) is 28.2. The van der Waals surface area contributed by atoms with Crippen LogP contribution in [0.2, 0.25) is 0 Å². The van der Waals surface area contributed by atoms with Crippen molar-refractivity contribution in [2.45, 2.75) is 0 Å². The lowest BCUT2D eigenvalue weighted by atomic mass is 10.0. The van der Waals surface area contributed by atoms with Crippen LogP contribution >= 0.6 is 0 Å². The number of rotatable bonds is 6. The van der Waals surface area contributed by atoms with Gasteiger partial charge in [-0.2, -0.15) is 0 Å². The molecule has 0 radical (unpaired) electrons. The van der Waals surface area contributed by atoms with Crippen LogP contribution < -0.4 is 13.7 Å². The molecule has 0 aliphatic heterocycles. The fourth-order valence-corrected chi connectivity index (χ4v) is 5.54. The van der Waals surface area contributed by atoms with Crippen molar-refractivity contribution in [2.24, 2.45) is 0 Å². The van der Waals surface area contributed by atoms with Crippen molar-refractivity contribution in [3.05, 3.63) is 118 Å². The monoisotopic (exact) mass is 574 g/mol. The summed E-state index contributed by atoms with van der Waals surface area (Å²) in [5, 5.41) is 22.2. The van der Waals surface area contributed by atoms with Gasteiger partial charge in [0.25, 0.3) is 0 Å². The summed E-state index contributed by atoms with van der Waals surface area (Å²) in [7, 11) is 12.4. The molecule has 0 fully saturated rings. The van der Waals surface area contributed by atoms with Crippen molar-refractivity contribution in [3.8, 4) is 11.5 Å². The first-order chi connectivity index (χ1) is 20.2. The molecule has 0 spiro atoms. The number of hydrogen-bond donors (Lipinski definition) is 2. The van der Waals surface area contributed by atoms with E-state index in [1.807, 2.05) is 48.5 Å². The van der Waals surface area contributed by atoms with E-state index in [1.165, 1.54) is 0 Å². The lowest BCUT2D eigenvalue weighted by Gasteiger charge is -2.23. The molecule has 43 heavy (non-hydrogen) atoms. The highest BCUT2D eigenvalue weighted by atomic mass is 16.5. The van der Waals surface area contributed by atoms with E-state index in [0.717, 1.165) is 11.4 Å². The molecule has 0 amide bonds. The van der Waals surface area contributed by atoms with Crippen LogP contribution in [-0.4, -0.2) is 64.1 Å². The van der Waals surface area contributed by atoms with Gasteiger partial charge < -0.3 is 14.9 Å². The second kappa shape index (κ2) is 9.80. The van der Waals surface area contributed by atoms with Gasteiger partial charge in [-0.1, -0.05) is 0 Å². The molecular formula is C36H34N2O5+2. The molecule has 0 aromatic heterocycles. The van der Waals surface area contributed by atoms with Crippen molar-refractivity contribution in [1.82, 2.24) is 8.97 Å². The highest BCUT2D eigenvalue weighted by Gasteiger charge is 2.33. The molecule has 7 nitrogen and oxygen atoms in total. The molecule has 7 heteroatoms. The number of ether oxygens (including phenoxy) is 1. The van der Waals surface area contributed by atoms with Gasteiger partial charge in [0.05, 0.1) is 53.4 Å². The topological polar surface area (TPSA) is 83.8 Å². The molecule has 216 valence electrons. The second-order valence-electron chi connectivity index (χ2n) is 12.7. The standard InChI is InChI=1S/C36H32N2O5/c1-37(2,3)23-11-7-21(8-12-23)31-33(39)27-17-15-25(19-29(27)35(31)41)43-26-16-18-28-30(20-26)36(42)32(34(28)40)22-9-13-24(14-10-22)38(4,5)6/h7-20H,1-6H3/p+2.